The number of pyridine rings is 1. The molecule has 5 rings (SSSR count). The van der Waals surface area contributed by atoms with E-state index < -0.39 is 29.5 Å². The van der Waals surface area contributed by atoms with Crippen LogP contribution in [0.5, 0.6) is 0 Å². The van der Waals surface area contributed by atoms with Gasteiger partial charge in [0.05, 0.1) is 24.1 Å². The van der Waals surface area contributed by atoms with Gasteiger partial charge in [-0.25, -0.2) is 9.78 Å². The summed E-state index contributed by atoms with van der Waals surface area (Å²) in [5.74, 6) is 0.343. The number of esters is 1. The van der Waals surface area contributed by atoms with Gasteiger partial charge in [-0.05, 0) is 69.7 Å². The van der Waals surface area contributed by atoms with Crippen molar-refractivity contribution in [3.8, 4) is 22.5 Å². The van der Waals surface area contributed by atoms with Crippen molar-refractivity contribution < 1.29 is 27.4 Å². The van der Waals surface area contributed by atoms with Gasteiger partial charge in [0.1, 0.15) is 11.5 Å². The second-order valence-electron chi connectivity index (χ2n) is 13.3. The Morgan fingerprint density at radius 2 is 1.70 bits per heavy atom. The Morgan fingerprint density at radius 3 is 2.30 bits per heavy atom. The second-order valence-corrected chi connectivity index (χ2v) is 13.3. The highest BCUT2D eigenvalue weighted by molar-refractivity contribution is 5.81. The lowest BCUT2D eigenvalue weighted by Gasteiger charge is -2.40. The molecule has 0 N–H and O–H groups in total. The summed E-state index contributed by atoms with van der Waals surface area (Å²) in [4.78, 5) is 20.5. The van der Waals surface area contributed by atoms with E-state index in [0.29, 0.717) is 22.6 Å². The van der Waals surface area contributed by atoms with Crippen molar-refractivity contribution in [1.29, 1.82) is 0 Å². The number of ether oxygens (including phenoxy) is 2. The standard InChI is InChI=1S/C33H40F3N5O3/c1-20-16-26-37-23(21-10-9-11-22(17-21)24-18-25(33(34,35)36)38-39(24)7)19-41(26)29(40-14-12-32(5,6)13-15-40)27(20)28(30(42)43-8)44-31(2,3)4/h9-11,16-19,28H,12-15H2,1-8H3/t28-/m0/s1. The molecule has 1 saturated heterocycles. The minimum absolute atomic E-state index is 0.196. The average molecular weight is 612 g/mol. The molecule has 0 unspecified atom stereocenters. The summed E-state index contributed by atoms with van der Waals surface area (Å²) in [6, 6.07) is 10.2. The molecule has 4 aromatic rings. The van der Waals surface area contributed by atoms with Crippen LogP contribution in [0, 0.1) is 12.3 Å². The molecule has 44 heavy (non-hydrogen) atoms. The summed E-state index contributed by atoms with van der Waals surface area (Å²) in [6.45, 7) is 13.8. The number of methoxy groups -OCH3 is 1. The van der Waals surface area contributed by atoms with E-state index in [1.54, 1.807) is 12.1 Å². The average Bonchev–Trinajstić information content (AvgIpc) is 3.54. The van der Waals surface area contributed by atoms with E-state index in [1.807, 2.05) is 56.5 Å². The van der Waals surface area contributed by atoms with Crippen LogP contribution < -0.4 is 4.90 Å². The Labute approximate surface area is 255 Å². The third-order valence-electron chi connectivity index (χ3n) is 8.16. The quantitative estimate of drug-likeness (QED) is 0.212. The SMILES string of the molecule is COC(=O)[C@@H](OC(C)(C)C)c1c(C)cc2nc(-c3cccc(-c4cc(C(F)(F)F)nn4C)c3)cn2c1N1CCC(C)(C)CC1. The Bertz CT molecular complexity index is 1690. The molecule has 0 amide bonds. The smallest absolute Gasteiger partial charge is 0.435 e. The maximum atomic E-state index is 13.3. The molecule has 1 aliphatic rings. The van der Waals surface area contributed by atoms with Crippen LogP contribution in [0.2, 0.25) is 0 Å². The van der Waals surface area contributed by atoms with E-state index in [0.717, 1.165) is 54.5 Å². The van der Waals surface area contributed by atoms with E-state index >= 15 is 0 Å². The molecular weight excluding hydrogens is 571 g/mol. The number of halogens is 3. The number of carbonyl (C=O) groups is 1. The van der Waals surface area contributed by atoms with Gasteiger partial charge in [-0.1, -0.05) is 32.0 Å². The van der Waals surface area contributed by atoms with Crippen LogP contribution in [0.1, 0.15) is 70.4 Å². The van der Waals surface area contributed by atoms with Crippen molar-refractivity contribution in [2.75, 3.05) is 25.1 Å². The second kappa shape index (κ2) is 11.3. The topological polar surface area (TPSA) is 73.9 Å². The van der Waals surface area contributed by atoms with Gasteiger partial charge >= 0.3 is 12.1 Å². The Hall–Kier alpha value is -3.86. The van der Waals surface area contributed by atoms with Gasteiger partial charge < -0.3 is 14.4 Å². The predicted octanol–water partition coefficient (Wildman–Crippen LogP) is 7.38. The number of hydrogen-bond donors (Lipinski definition) is 0. The summed E-state index contributed by atoms with van der Waals surface area (Å²) in [7, 11) is 2.86. The first-order chi connectivity index (χ1) is 20.5. The van der Waals surface area contributed by atoms with E-state index in [9.17, 15) is 18.0 Å². The van der Waals surface area contributed by atoms with E-state index in [1.165, 1.54) is 18.8 Å². The van der Waals surface area contributed by atoms with Gasteiger partial charge in [0.15, 0.2) is 11.8 Å². The van der Waals surface area contributed by atoms with Crippen LogP contribution in [-0.4, -0.2) is 50.9 Å². The van der Waals surface area contributed by atoms with Crippen LogP contribution in [0.25, 0.3) is 28.2 Å². The highest BCUT2D eigenvalue weighted by Crippen LogP contribution is 2.41. The molecular formula is C33H40F3N5O3. The maximum absolute atomic E-state index is 13.3. The first-order valence-electron chi connectivity index (χ1n) is 14.7. The summed E-state index contributed by atoms with van der Waals surface area (Å²) in [5.41, 5.74) is 3.20. The van der Waals surface area contributed by atoms with Gasteiger partial charge in [-0.2, -0.15) is 18.3 Å². The lowest BCUT2D eigenvalue weighted by atomic mass is 9.82. The minimum Gasteiger partial charge on any atom is -0.467 e. The number of benzene rings is 1. The van der Waals surface area contributed by atoms with Crippen LogP contribution >= 0.6 is 0 Å². The molecule has 1 fully saturated rings. The molecule has 236 valence electrons. The largest absolute Gasteiger partial charge is 0.467 e. The zero-order valence-electron chi connectivity index (χ0n) is 26.5. The zero-order valence-corrected chi connectivity index (χ0v) is 26.5. The Kier molecular flexibility index (Phi) is 8.07. The number of carbonyl (C=O) groups excluding carboxylic acids is 1. The number of anilines is 1. The zero-order chi connectivity index (χ0) is 32.2. The number of aromatic nitrogens is 4. The van der Waals surface area contributed by atoms with Crippen molar-refractivity contribution in [1.82, 2.24) is 19.2 Å². The number of alkyl halides is 3. The lowest BCUT2D eigenvalue weighted by Crippen LogP contribution is -2.40. The van der Waals surface area contributed by atoms with Crippen LogP contribution in [-0.2, 0) is 27.5 Å². The van der Waals surface area contributed by atoms with E-state index in [4.69, 9.17) is 14.5 Å². The summed E-state index contributed by atoms with van der Waals surface area (Å²) in [5, 5.41) is 3.67. The van der Waals surface area contributed by atoms with Gasteiger partial charge in [0.25, 0.3) is 0 Å². The molecule has 1 aromatic carbocycles. The predicted molar refractivity (Wildman–Crippen MR) is 163 cm³/mol. The van der Waals surface area contributed by atoms with Gasteiger partial charge in [0.2, 0.25) is 0 Å². The lowest BCUT2D eigenvalue weighted by molar-refractivity contribution is -0.164. The van der Waals surface area contributed by atoms with Gasteiger partial charge in [-0.15, -0.1) is 0 Å². The summed E-state index contributed by atoms with van der Waals surface area (Å²) >= 11 is 0. The molecule has 0 aliphatic carbocycles. The van der Waals surface area contributed by atoms with Crippen molar-refractivity contribution in [2.45, 2.75) is 72.3 Å². The van der Waals surface area contributed by atoms with Crippen molar-refractivity contribution >= 4 is 17.4 Å². The number of nitrogens with zero attached hydrogens (tertiary/aromatic N) is 5. The fraction of sp³-hybridized carbons (Fsp3) is 0.485. The molecule has 3 aromatic heterocycles. The first kappa shape index (κ1) is 31.6. The third kappa shape index (κ3) is 6.33. The number of hydrogen-bond acceptors (Lipinski definition) is 6. The fourth-order valence-corrected chi connectivity index (χ4v) is 5.75. The van der Waals surface area contributed by atoms with Crippen LogP contribution in [0.4, 0.5) is 19.0 Å². The molecule has 0 radical (unpaired) electrons. The molecule has 8 nitrogen and oxygen atoms in total. The van der Waals surface area contributed by atoms with E-state index in [2.05, 4.69) is 23.8 Å². The van der Waals surface area contributed by atoms with E-state index in [-0.39, 0.29) is 5.41 Å². The highest BCUT2D eigenvalue weighted by Gasteiger charge is 2.37. The highest BCUT2D eigenvalue weighted by atomic mass is 19.4. The third-order valence-corrected chi connectivity index (χ3v) is 8.16. The van der Waals surface area contributed by atoms with Crippen molar-refractivity contribution in [2.24, 2.45) is 12.5 Å². The molecule has 11 heteroatoms. The summed E-state index contributed by atoms with van der Waals surface area (Å²) < 4.78 is 54.9. The van der Waals surface area contributed by atoms with Gasteiger partial charge in [-0.3, -0.25) is 9.08 Å². The molecule has 0 saturated carbocycles. The first-order valence-corrected chi connectivity index (χ1v) is 14.7. The number of piperidine rings is 1. The van der Waals surface area contributed by atoms with Crippen LogP contribution in [0.3, 0.4) is 0 Å². The number of rotatable bonds is 6. The Balaban J connectivity index is 1.67. The number of aryl methyl sites for hydroxylation is 2. The maximum Gasteiger partial charge on any atom is 0.435 e. The summed E-state index contributed by atoms with van der Waals surface area (Å²) in [6.07, 6.45) is -1.64. The van der Waals surface area contributed by atoms with Gasteiger partial charge in [0, 0.05) is 43.0 Å². The number of imidazole rings is 1. The van der Waals surface area contributed by atoms with Crippen molar-refractivity contribution in [3.63, 3.8) is 0 Å². The molecule has 1 atom stereocenters. The monoisotopic (exact) mass is 611 g/mol. The fourth-order valence-electron chi connectivity index (χ4n) is 5.75. The number of fused-ring (bicyclic) bond motifs is 1. The molecule has 1 aliphatic heterocycles. The Morgan fingerprint density at radius 1 is 1.05 bits per heavy atom. The molecule has 0 bridgehead atoms. The molecule has 4 heterocycles. The normalized spacial score (nSPS) is 16.4. The van der Waals surface area contributed by atoms with Crippen molar-refractivity contribution in [3.05, 3.63) is 59.4 Å². The minimum atomic E-state index is -4.54. The molecule has 0 spiro atoms. The van der Waals surface area contributed by atoms with Crippen LogP contribution in [0.15, 0.2) is 42.6 Å².